The molecule has 0 bridgehead atoms. The van der Waals surface area contributed by atoms with E-state index in [-0.39, 0.29) is 5.41 Å². The summed E-state index contributed by atoms with van der Waals surface area (Å²) in [6.45, 7) is 8.04. The molecule has 2 aliphatic heterocycles. The molecule has 6 rings (SSSR count). The van der Waals surface area contributed by atoms with Crippen molar-refractivity contribution in [3.8, 4) is 0 Å². The van der Waals surface area contributed by atoms with Crippen molar-refractivity contribution in [1.29, 1.82) is 0 Å². The molecule has 0 unspecified atom stereocenters. The first-order chi connectivity index (χ1) is 11.1. The molecule has 2 nitrogen and oxygen atoms in total. The number of nitrogens with zero attached hydrogens (tertiary/aromatic N) is 2. The van der Waals surface area contributed by atoms with Crippen molar-refractivity contribution in [1.82, 2.24) is 4.40 Å². The zero-order chi connectivity index (χ0) is 15.5. The van der Waals surface area contributed by atoms with E-state index in [1.54, 1.807) is 0 Å². The highest BCUT2D eigenvalue weighted by atomic mass is 15.1. The van der Waals surface area contributed by atoms with Gasteiger partial charge in [-0.25, -0.2) is 4.57 Å². The number of hydrogen-bond acceptors (Lipinski definition) is 0. The second-order valence-electron chi connectivity index (χ2n) is 7.96. The first-order valence-electron chi connectivity index (χ1n) is 8.47. The van der Waals surface area contributed by atoms with Crippen LogP contribution in [0.3, 0.4) is 0 Å². The van der Waals surface area contributed by atoms with Crippen molar-refractivity contribution in [3.05, 3.63) is 58.9 Å². The van der Waals surface area contributed by atoms with Gasteiger partial charge in [-0.1, -0.05) is 44.2 Å². The summed E-state index contributed by atoms with van der Waals surface area (Å²) in [5, 5.41) is 4.34. The third kappa shape index (κ3) is 1.19. The summed E-state index contributed by atoms with van der Waals surface area (Å²) in [4.78, 5) is 0. The third-order valence-electron chi connectivity index (χ3n) is 6.02. The van der Waals surface area contributed by atoms with Gasteiger partial charge in [0.05, 0.1) is 5.39 Å². The Kier molecular flexibility index (Phi) is 1.81. The van der Waals surface area contributed by atoms with Crippen molar-refractivity contribution in [2.24, 2.45) is 0 Å². The first kappa shape index (κ1) is 12.1. The van der Waals surface area contributed by atoms with Crippen LogP contribution in [-0.2, 0) is 18.4 Å². The minimum atomic E-state index is 0.190. The Hall–Kier alpha value is -2.35. The molecule has 0 atom stereocenters. The number of fused-ring (bicyclic) bond motifs is 1. The van der Waals surface area contributed by atoms with E-state index < -0.39 is 0 Å². The van der Waals surface area contributed by atoms with Crippen LogP contribution >= 0.6 is 0 Å². The van der Waals surface area contributed by atoms with Crippen molar-refractivity contribution < 1.29 is 4.57 Å². The van der Waals surface area contributed by atoms with E-state index in [1.807, 2.05) is 0 Å². The highest BCUT2D eigenvalue weighted by Gasteiger charge is 2.39. The zero-order valence-corrected chi connectivity index (χ0v) is 13.8. The van der Waals surface area contributed by atoms with Crippen LogP contribution in [0.15, 0.2) is 36.5 Å². The van der Waals surface area contributed by atoms with Crippen LogP contribution in [0, 0.1) is 6.92 Å². The molecule has 112 valence electrons. The molecule has 0 saturated carbocycles. The second kappa shape index (κ2) is 3.43. The summed E-state index contributed by atoms with van der Waals surface area (Å²) in [7, 11) is 0. The van der Waals surface area contributed by atoms with Gasteiger partial charge in [-0.3, -0.25) is 0 Å². The van der Waals surface area contributed by atoms with Gasteiger partial charge in [-0.2, -0.15) is 4.40 Å². The molecule has 0 radical (unpaired) electrons. The standard InChI is InChI=1S/C21H19N2/c1-12-7-8-16-19-17(12)15-6-4-5-13-10-22-11-14(9-21(16,2)3)23(19)20(22)18(13)15/h4-8,11H,9-10H2,1-3H3/q+1. The number of hydrogen-bond donors (Lipinski definition) is 0. The molecule has 0 spiro atoms. The van der Waals surface area contributed by atoms with Crippen LogP contribution < -0.4 is 4.57 Å². The van der Waals surface area contributed by atoms with E-state index in [1.165, 1.54) is 49.7 Å². The Labute approximate surface area is 135 Å². The van der Waals surface area contributed by atoms with E-state index in [2.05, 4.69) is 66.3 Å². The molecule has 2 aromatic heterocycles. The summed E-state index contributed by atoms with van der Waals surface area (Å²) in [6, 6.07) is 11.5. The van der Waals surface area contributed by atoms with Gasteiger partial charge < -0.3 is 0 Å². The van der Waals surface area contributed by atoms with E-state index in [9.17, 15) is 0 Å². The molecule has 4 aromatic rings. The van der Waals surface area contributed by atoms with Gasteiger partial charge in [0.1, 0.15) is 24.0 Å². The SMILES string of the molecule is Cc1ccc2c3c1c1cccc4c1c1n3c(c[n+]1C4)CC2(C)C. The quantitative estimate of drug-likeness (QED) is 0.301. The number of imidazole rings is 1. The number of benzene rings is 2. The van der Waals surface area contributed by atoms with E-state index in [0.29, 0.717) is 0 Å². The summed E-state index contributed by atoms with van der Waals surface area (Å²) >= 11 is 0. The topological polar surface area (TPSA) is 8.29 Å². The highest BCUT2D eigenvalue weighted by molar-refractivity contribution is 6.15. The van der Waals surface area contributed by atoms with Crippen molar-refractivity contribution in [3.63, 3.8) is 0 Å². The number of pyridine rings is 1. The maximum absolute atomic E-state index is 2.56. The summed E-state index contributed by atoms with van der Waals surface area (Å²) < 4.78 is 5.02. The van der Waals surface area contributed by atoms with Gasteiger partial charge in [0, 0.05) is 33.7 Å². The van der Waals surface area contributed by atoms with Gasteiger partial charge in [0.2, 0.25) is 0 Å². The normalized spacial score (nSPS) is 17.3. The van der Waals surface area contributed by atoms with Crippen LogP contribution in [0.25, 0.3) is 27.3 Å². The molecule has 0 aliphatic carbocycles. The highest BCUT2D eigenvalue weighted by Crippen LogP contribution is 2.44. The van der Waals surface area contributed by atoms with Crippen LogP contribution in [0.1, 0.15) is 36.2 Å². The predicted octanol–water partition coefficient (Wildman–Crippen LogP) is 4.04. The number of aromatic nitrogens is 2. The van der Waals surface area contributed by atoms with Crippen molar-refractivity contribution in [2.75, 3.05) is 0 Å². The zero-order valence-electron chi connectivity index (χ0n) is 13.8. The summed E-state index contributed by atoms with van der Waals surface area (Å²) in [5.74, 6) is 0. The Morgan fingerprint density at radius 3 is 2.83 bits per heavy atom. The van der Waals surface area contributed by atoms with Gasteiger partial charge in [0.15, 0.2) is 0 Å². The molecule has 4 heterocycles. The third-order valence-corrected chi connectivity index (χ3v) is 6.02. The average Bonchev–Trinajstić information content (AvgIpc) is 3.02. The van der Waals surface area contributed by atoms with Gasteiger partial charge in [-0.15, -0.1) is 0 Å². The molecule has 0 N–H and O–H groups in total. The lowest BCUT2D eigenvalue weighted by molar-refractivity contribution is -0.657. The lowest BCUT2D eigenvalue weighted by Crippen LogP contribution is -2.28. The van der Waals surface area contributed by atoms with Crippen LogP contribution in [0.4, 0.5) is 0 Å². The Morgan fingerprint density at radius 1 is 1.09 bits per heavy atom. The van der Waals surface area contributed by atoms with E-state index in [0.717, 1.165) is 13.0 Å². The fourth-order valence-electron chi connectivity index (χ4n) is 5.06. The predicted molar refractivity (Wildman–Crippen MR) is 93.2 cm³/mol. The van der Waals surface area contributed by atoms with Crippen LogP contribution in [0.2, 0.25) is 0 Å². The fraction of sp³-hybridized carbons (Fsp3) is 0.286. The molecule has 0 amide bonds. The van der Waals surface area contributed by atoms with Crippen molar-refractivity contribution >= 4 is 27.3 Å². The molecular formula is C21H19N2+. The minimum absolute atomic E-state index is 0.190. The number of aryl methyl sites for hydroxylation is 1. The molecular weight excluding hydrogens is 280 g/mol. The fourth-order valence-corrected chi connectivity index (χ4v) is 5.06. The average molecular weight is 299 g/mol. The van der Waals surface area contributed by atoms with Gasteiger partial charge in [-0.05, 0) is 12.5 Å². The monoisotopic (exact) mass is 299 g/mol. The van der Waals surface area contributed by atoms with Gasteiger partial charge >= 0.3 is 0 Å². The smallest absolute Gasteiger partial charge is 0.225 e. The molecule has 23 heavy (non-hydrogen) atoms. The molecule has 2 heteroatoms. The molecule has 0 fully saturated rings. The van der Waals surface area contributed by atoms with Crippen LogP contribution in [0.5, 0.6) is 0 Å². The summed E-state index contributed by atoms with van der Waals surface area (Å²) in [5.41, 5.74) is 8.84. The molecule has 2 aliphatic rings. The first-order valence-corrected chi connectivity index (χ1v) is 8.47. The maximum Gasteiger partial charge on any atom is 0.295 e. The van der Waals surface area contributed by atoms with E-state index in [4.69, 9.17) is 0 Å². The van der Waals surface area contributed by atoms with E-state index >= 15 is 0 Å². The largest absolute Gasteiger partial charge is 0.295 e. The molecule has 0 saturated heterocycles. The minimum Gasteiger partial charge on any atom is -0.225 e. The maximum atomic E-state index is 2.56. The van der Waals surface area contributed by atoms with Crippen molar-refractivity contribution in [2.45, 2.75) is 39.2 Å². The number of rotatable bonds is 0. The molecule has 2 aromatic carbocycles. The lowest BCUT2D eigenvalue weighted by atomic mass is 9.76. The Balaban J connectivity index is 2.08. The lowest BCUT2D eigenvalue weighted by Gasteiger charge is -2.29. The summed E-state index contributed by atoms with van der Waals surface area (Å²) in [6.07, 6.45) is 3.50. The van der Waals surface area contributed by atoms with Gasteiger partial charge in [0.25, 0.3) is 5.65 Å². The Bertz CT molecular complexity index is 1190. The van der Waals surface area contributed by atoms with Crippen LogP contribution in [-0.4, -0.2) is 4.40 Å². The Morgan fingerprint density at radius 2 is 1.96 bits per heavy atom. The second-order valence-corrected chi connectivity index (χ2v) is 7.96.